The first kappa shape index (κ1) is 14.5. The normalized spacial score (nSPS) is 18.9. The van der Waals surface area contributed by atoms with Crippen LogP contribution in [0.25, 0.3) is 0 Å². The molecule has 1 fully saturated rings. The van der Waals surface area contributed by atoms with E-state index in [9.17, 15) is 0 Å². The lowest BCUT2D eigenvalue weighted by atomic mass is 9.89. The van der Waals surface area contributed by atoms with Crippen molar-refractivity contribution in [1.82, 2.24) is 20.1 Å². The average Bonchev–Trinajstić information content (AvgIpc) is 3.01. The number of hydrogen-bond donors (Lipinski definition) is 2. The van der Waals surface area contributed by atoms with Crippen molar-refractivity contribution in [1.29, 1.82) is 0 Å². The number of hydrazine groups is 1. The van der Waals surface area contributed by atoms with Gasteiger partial charge in [-0.05, 0) is 58.2 Å². The van der Waals surface area contributed by atoms with Gasteiger partial charge in [0.25, 0.3) is 0 Å². The third-order valence-electron chi connectivity index (χ3n) is 4.46. The molecule has 0 aromatic carbocycles. The Kier molecular flexibility index (Phi) is 4.60. The molecule has 1 aromatic rings. The summed E-state index contributed by atoms with van der Waals surface area (Å²) in [4.78, 5) is 2.56. The van der Waals surface area contributed by atoms with Crippen LogP contribution in [-0.4, -0.2) is 39.4 Å². The van der Waals surface area contributed by atoms with Crippen molar-refractivity contribution in [2.45, 2.75) is 51.1 Å². The number of aryl methyl sites for hydroxylation is 2. The Morgan fingerprint density at radius 1 is 1.42 bits per heavy atom. The SMILES string of the molecule is Cn1cc(CCC(NN)C(C)(C)N2CCCC2)cn1. The first-order chi connectivity index (χ1) is 9.04. The molecule has 1 aliphatic rings. The maximum Gasteiger partial charge on any atom is 0.0521 e. The first-order valence-corrected chi connectivity index (χ1v) is 7.22. The summed E-state index contributed by atoms with van der Waals surface area (Å²) < 4.78 is 1.85. The zero-order chi connectivity index (χ0) is 13.9. The Hall–Kier alpha value is -0.910. The highest BCUT2D eigenvalue weighted by atomic mass is 15.3. The van der Waals surface area contributed by atoms with E-state index in [0.29, 0.717) is 6.04 Å². The van der Waals surface area contributed by atoms with Crippen molar-refractivity contribution in [3.63, 3.8) is 0 Å². The van der Waals surface area contributed by atoms with E-state index >= 15 is 0 Å². The fourth-order valence-electron chi connectivity index (χ4n) is 3.07. The van der Waals surface area contributed by atoms with Crippen LogP contribution >= 0.6 is 0 Å². The van der Waals surface area contributed by atoms with E-state index in [2.05, 4.69) is 35.5 Å². The molecule has 0 saturated carbocycles. The van der Waals surface area contributed by atoms with Gasteiger partial charge >= 0.3 is 0 Å². The van der Waals surface area contributed by atoms with Gasteiger partial charge in [0.1, 0.15) is 0 Å². The molecule has 0 radical (unpaired) electrons. The first-order valence-electron chi connectivity index (χ1n) is 7.22. The topological polar surface area (TPSA) is 59.1 Å². The Labute approximate surface area is 116 Å². The number of nitrogens with two attached hydrogens (primary N) is 1. The summed E-state index contributed by atoms with van der Waals surface area (Å²) in [6, 6.07) is 0.297. The second-order valence-corrected chi connectivity index (χ2v) is 6.13. The van der Waals surface area contributed by atoms with Crippen LogP contribution in [0.4, 0.5) is 0 Å². The standard InChI is InChI=1S/C14H27N5/c1-14(2,19-8-4-5-9-19)13(17-15)7-6-12-10-16-18(3)11-12/h10-11,13,17H,4-9,15H2,1-3H3. The van der Waals surface area contributed by atoms with Gasteiger partial charge < -0.3 is 0 Å². The molecule has 1 unspecified atom stereocenters. The molecule has 0 spiro atoms. The number of aromatic nitrogens is 2. The van der Waals surface area contributed by atoms with Crippen LogP contribution in [-0.2, 0) is 13.5 Å². The smallest absolute Gasteiger partial charge is 0.0521 e. The lowest BCUT2D eigenvalue weighted by Gasteiger charge is -2.42. The van der Waals surface area contributed by atoms with E-state index in [1.54, 1.807) is 0 Å². The molecule has 5 heteroatoms. The van der Waals surface area contributed by atoms with Gasteiger partial charge in [-0.15, -0.1) is 0 Å². The summed E-state index contributed by atoms with van der Waals surface area (Å²) in [6.45, 7) is 6.98. The maximum atomic E-state index is 5.80. The molecule has 0 amide bonds. The molecule has 1 aromatic heterocycles. The fraction of sp³-hybridized carbons (Fsp3) is 0.786. The minimum atomic E-state index is 0.105. The minimum Gasteiger partial charge on any atom is -0.297 e. The van der Waals surface area contributed by atoms with Crippen LogP contribution < -0.4 is 11.3 Å². The van der Waals surface area contributed by atoms with E-state index in [0.717, 1.165) is 12.8 Å². The van der Waals surface area contributed by atoms with E-state index in [1.165, 1.54) is 31.5 Å². The zero-order valence-corrected chi connectivity index (χ0v) is 12.4. The van der Waals surface area contributed by atoms with Crippen molar-refractivity contribution < 1.29 is 0 Å². The van der Waals surface area contributed by atoms with E-state index in [-0.39, 0.29) is 5.54 Å². The molecule has 1 atom stereocenters. The van der Waals surface area contributed by atoms with Gasteiger partial charge in [-0.3, -0.25) is 20.9 Å². The van der Waals surface area contributed by atoms with Gasteiger partial charge in [-0.25, -0.2) is 0 Å². The third-order valence-corrected chi connectivity index (χ3v) is 4.46. The van der Waals surface area contributed by atoms with Crippen molar-refractivity contribution in [3.8, 4) is 0 Å². The Morgan fingerprint density at radius 2 is 2.11 bits per heavy atom. The molecule has 19 heavy (non-hydrogen) atoms. The highest BCUT2D eigenvalue weighted by molar-refractivity contribution is 5.05. The molecule has 0 aliphatic carbocycles. The number of nitrogens with zero attached hydrogens (tertiary/aromatic N) is 3. The van der Waals surface area contributed by atoms with Gasteiger partial charge in [0.2, 0.25) is 0 Å². The second-order valence-electron chi connectivity index (χ2n) is 6.13. The molecule has 2 heterocycles. The fourth-order valence-corrected chi connectivity index (χ4v) is 3.07. The summed E-state index contributed by atoms with van der Waals surface area (Å²) >= 11 is 0. The number of rotatable bonds is 6. The largest absolute Gasteiger partial charge is 0.297 e. The monoisotopic (exact) mass is 265 g/mol. The predicted molar refractivity (Wildman–Crippen MR) is 77.5 cm³/mol. The summed E-state index contributed by atoms with van der Waals surface area (Å²) in [6.07, 6.45) is 8.69. The second kappa shape index (κ2) is 6.03. The van der Waals surface area contributed by atoms with Crippen molar-refractivity contribution >= 4 is 0 Å². The van der Waals surface area contributed by atoms with Crippen molar-refractivity contribution in [2.75, 3.05) is 13.1 Å². The van der Waals surface area contributed by atoms with Gasteiger partial charge in [0, 0.05) is 24.8 Å². The van der Waals surface area contributed by atoms with Gasteiger partial charge in [-0.2, -0.15) is 5.10 Å². The van der Waals surface area contributed by atoms with Crippen molar-refractivity contribution in [3.05, 3.63) is 18.0 Å². The number of likely N-dealkylation sites (tertiary alicyclic amines) is 1. The molecule has 108 valence electrons. The summed E-state index contributed by atoms with van der Waals surface area (Å²) in [5.41, 5.74) is 4.41. The van der Waals surface area contributed by atoms with E-state index in [1.807, 2.05) is 17.9 Å². The molecule has 2 rings (SSSR count). The number of hydrogen-bond acceptors (Lipinski definition) is 4. The molecule has 1 aliphatic heterocycles. The lowest BCUT2D eigenvalue weighted by Crippen LogP contribution is -2.58. The van der Waals surface area contributed by atoms with E-state index in [4.69, 9.17) is 5.84 Å². The lowest BCUT2D eigenvalue weighted by molar-refractivity contribution is 0.103. The Bertz CT molecular complexity index is 392. The van der Waals surface area contributed by atoms with Crippen LogP contribution in [0.15, 0.2) is 12.4 Å². The molecule has 0 bridgehead atoms. The molecule has 1 saturated heterocycles. The number of nitrogens with one attached hydrogen (secondary N) is 1. The summed E-state index contributed by atoms with van der Waals surface area (Å²) in [5, 5.41) is 4.21. The van der Waals surface area contributed by atoms with Crippen LogP contribution in [0.1, 0.15) is 38.7 Å². The van der Waals surface area contributed by atoms with Crippen molar-refractivity contribution in [2.24, 2.45) is 12.9 Å². The van der Waals surface area contributed by atoms with Gasteiger partial charge in [-0.1, -0.05) is 0 Å². The van der Waals surface area contributed by atoms with Crippen LogP contribution in [0, 0.1) is 0 Å². The quantitative estimate of drug-likeness (QED) is 0.596. The Morgan fingerprint density at radius 3 is 2.63 bits per heavy atom. The van der Waals surface area contributed by atoms with Crippen LogP contribution in [0.5, 0.6) is 0 Å². The third kappa shape index (κ3) is 3.35. The van der Waals surface area contributed by atoms with Crippen LogP contribution in [0.3, 0.4) is 0 Å². The van der Waals surface area contributed by atoms with Crippen LogP contribution in [0.2, 0.25) is 0 Å². The molecule has 3 N–H and O–H groups in total. The Balaban J connectivity index is 1.94. The minimum absolute atomic E-state index is 0.105. The predicted octanol–water partition coefficient (Wildman–Crippen LogP) is 1.06. The van der Waals surface area contributed by atoms with Gasteiger partial charge in [0.05, 0.1) is 6.20 Å². The van der Waals surface area contributed by atoms with E-state index < -0.39 is 0 Å². The summed E-state index contributed by atoms with van der Waals surface area (Å²) in [5.74, 6) is 5.80. The zero-order valence-electron chi connectivity index (χ0n) is 12.4. The highest BCUT2D eigenvalue weighted by Gasteiger charge is 2.35. The highest BCUT2D eigenvalue weighted by Crippen LogP contribution is 2.26. The molecule has 5 nitrogen and oxygen atoms in total. The average molecular weight is 265 g/mol. The molecular weight excluding hydrogens is 238 g/mol. The summed E-state index contributed by atoms with van der Waals surface area (Å²) in [7, 11) is 1.95. The molecular formula is C14H27N5. The van der Waals surface area contributed by atoms with Gasteiger partial charge in [0.15, 0.2) is 0 Å². The maximum absolute atomic E-state index is 5.80.